The van der Waals surface area contributed by atoms with Crippen molar-refractivity contribution in [2.24, 2.45) is 0 Å². The van der Waals surface area contributed by atoms with Gasteiger partial charge in [-0.2, -0.15) is 0 Å². The fourth-order valence-electron chi connectivity index (χ4n) is 1.66. The van der Waals surface area contributed by atoms with Crippen LogP contribution in [0.3, 0.4) is 0 Å². The number of benzene rings is 1. The van der Waals surface area contributed by atoms with Crippen LogP contribution >= 0.6 is 0 Å². The van der Waals surface area contributed by atoms with E-state index in [1.165, 1.54) is 11.1 Å². The van der Waals surface area contributed by atoms with Crippen molar-refractivity contribution in [3.05, 3.63) is 65.5 Å². The molecule has 0 saturated heterocycles. The van der Waals surface area contributed by atoms with Gasteiger partial charge in [-0.15, -0.1) is 0 Å². The highest BCUT2D eigenvalue weighted by Gasteiger charge is 2.08. The molecule has 15 heavy (non-hydrogen) atoms. The number of aromatic nitrogens is 1. The van der Waals surface area contributed by atoms with Crippen LogP contribution in [0.25, 0.3) is 0 Å². The summed E-state index contributed by atoms with van der Waals surface area (Å²) in [7, 11) is 0. The minimum atomic E-state index is 0.367. The molecule has 1 heteroatoms. The van der Waals surface area contributed by atoms with Crippen LogP contribution in [0.2, 0.25) is 0 Å². The summed E-state index contributed by atoms with van der Waals surface area (Å²) >= 11 is 0. The van der Waals surface area contributed by atoms with Crippen molar-refractivity contribution in [1.82, 2.24) is 4.98 Å². The van der Waals surface area contributed by atoms with Gasteiger partial charge in [0, 0.05) is 17.8 Å². The Balaban J connectivity index is 2.29. The summed E-state index contributed by atoms with van der Waals surface area (Å²) in [4.78, 5) is 4.38. The quantitative estimate of drug-likeness (QED) is 0.717. The minimum absolute atomic E-state index is 0.367. The average molecular weight is 197 g/mol. The molecular weight excluding hydrogens is 182 g/mol. The highest BCUT2D eigenvalue weighted by atomic mass is 14.7. The summed E-state index contributed by atoms with van der Waals surface area (Å²) in [6.45, 7) is 4.29. The molecule has 0 N–H and O–H groups in total. The maximum Gasteiger partial charge on any atom is 0.0475 e. The fraction of sp³-hybridized carbons (Fsp3) is 0.214. The lowest BCUT2D eigenvalue weighted by Crippen LogP contribution is -1.98. The van der Waals surface area contributed by atoms with Crippen LogP contribution in [0.5, 0.6) is 0 Å². The van der Waals surface area contributed by atoms with E-state index in [9.17, 15) is 0 Å². The SMILES string of the molecule is Cc1ccc(C(C)c2ccccn2)cc1. The van der Waals surface area contributed by atoms with Gasteiger partial charge in [-0.05, 0) is 24.6 Å². The number of aryl methyl sites for hydroxylation is 1. The smallest absolute Gasteiger partial charge is 0.0475 e. The van der Waals surface area contributed by atoms with Gasteiger partial charge in [0.1, 0.15) is 0 Å². The van der Waals surface area contributed by atoms with Crippen LogP contribution in [-0.4, -0.2) is 4.98 Å². The van der Waals surface area contributed by atoms with Gasteiger partial charge >= 0.3 is 0 Å². The molecule has 0 amide bonds. The second-order valence-corrected chi connectivity index (χ2v) is 3.89. The Labute approximate surface area is 90.8 Å². The largest absolute Gasteiger partial charge is 0.261 e. The van der Waals surface area contributed by atoms with Crippen molar-refractivity contribution in [3.63, 3.8) is 0 Å². The third-order valence-electron chi connectivity index (χ3n) is 2.71. The predicted molar refractivity (Wildman–Crippen MR) is 62.9 cm³/mol. The number of rotatable bonds is 2. The maximum atomic E-state index is 4.38. The normalized spacial score (nSPS) is 12.4. The first-order valence-corrected chi connectivity index (χ1v) is 5.25. The molecule has 2 aromatic rings. The second kappa shape index (κ2) is 4.26. The van der Waals surface area contributed by atoms with Crippen LogP contribution < -0.4 is 0 Å². The Morgan fingerprint density at radius 2 is 1.73 bits per heavy atom. The van der Waals surface area contributed by atoms with Crippen molar-refractivity contribution in [1.29, 1.82) is 0 Å². The van der Waals surface area contributed by atoms with Crippen molar-refractivity contribution < 1.29 is 0 Å². The molecule has 0 aliphatic carbocycles. The number of hydrogen-bond acceptors (Lipinski definition) is 1. The Bertz CT molecular complexity index is 417. The van der Waals surface area contributed by atoms with Crippen molar-refractivity contribution >= 4 is 0 Å². The summed E-state index contributed by atoms with van der Waals surface area (Å²) in [5, 5.41) is 0. The zero-order valence-corrected chi connectivity index (χ0v) is 9.14. The lowest BCUT2D eigenvalue weighted by molar-refractivity contribution is 0.871. The molecule has 1 nitrogen and oxygen atoms in total. The highest BCUT2D eigenvalue weighted by Crippen LogP contribution is 2.21. The summed E-state index contributed by atoms with van der Waals surface area (Å²) in [6, 6.07) is 14.7. The molecule has 0 bridgehead atoms. The Kier molecular flexibility index (Phi) is 2.82. The fourth-order valence-corrected chi connectivity index (χ4v) is 1.66. The molecule has 0 radical (unpaired) electrons. The molecule has 0 aliphatic heterocycles. The first-order valence-electron chi connectivity index (χ1n) is 5.25. The third kappa shape index (κ3) is 2.24. The molecular formula is C14H15N. The van der Waals surface area contributed by atoms with Gasteiger partial charge in [-0.25, -0.2) is 0 Å². The van der Waals surface area contributed by atoms with E-state index >= 15 is 0 Å². The number of hydrogen-bond donors (Lipinski definition) is 0. The van der Waals surface area contributed by atoms with Crippen LogP contribution in [0.1, 0.15) is 29.7 Å². The molecule has 1 aromatic carbocycles. The molecule has 0 spiro atoms. The Hall–Kier alpha value is -1.63. The zero-order chi connectivity index (χ0) is 10.7. The molecule has 1 heterocycles. The van der Waals surface area contributed by atoms with Gasteiger partial charge in [0.05, 0.1) is 0 Å². The van der Waals surface area contributed by atoms with Gasteiger partial charge in [-0.1, -0.05) is 42.8 Å². The molecule has 76 valence electrons. The zero-order valence-electron chi connectivity index (χ0n) is 9.14. The minimum Gasteiger partial charge on any atom is -0.261 e. The number of pyridine rings is 1. The first-order chi connectivity index (χ1) is 7.27. The topological polar surface area (TPSA) is 12.9 Å². The number of nitrogens with zero attached hydrogens (tertiary/aromatic N) is 1. The molecule has 0 fully saturated rings. The standard InChI is InChI=1S/C14H15N/c1-11-6-8-13(9-7-11)12(2)14-5-3-4-10-15-14/h3-10,12H,1-2H3. The molecule has 2 rings (SSSR count). The molecule has 1 atom stereocenters. The lowest BCUT2D eigenvalue weighted by atomic mass is 9.96. The molecule has 1 aromatic heterocycles. The first kappa shape index (κ1) is 9.91. The van der Waals surface area contributed by atoms with Crippen LogP contribution in [0.4, 0.5) is 0 Å². The van der Waals surface area contributed by atoms with Crippen LogP contribution in [0, 0.1) is 6.92 Å². The molecule has 1 unspecified atom stereocenters. The van der Waals surface area contributed by atoms with E-state index < -0.39 is 0 Å². The van der Waals surface area contributed by atoms with Gasteiger partial charge in [-0.3, -0.25) is 4.98 Å². The summed E-state index contributed by atoms with van der Waals surface area (Å²) in [6.07, 6.45) is 1.85. The van der Waals surface area contributed by atoms with Crippen molar-refractivity contribution in [2.45, 2.75) is 19.8 Å². The van der Waals surface area contributed by atoms with Crippen LogP contribution in [0.15, 0.2) is 48.7 Å². The molecule has 0 saturated carbocycles. The lowest BCUT2D eigenvalue weighted by Gasteiger charge is -2.11. The van der Waals surface area contributed by atoms with E-state index in [1.807, 2.05) is 18.3 Å². The summed E-state index contributed by atoms with van der Waals surface area (Å²) in [5.41, 5.74) is 3.74. The monoisotopic (exact) mass is 197 g/mol. The van der Waals surface area contributed by atoms with E-state index in [4.69, 9.17) is 0 Å². The predicted octanol–water partition coefficient (Wildman–Crippen LogP) is 3.54. The average Bonchev–Trinajstić information content (AvgIpc) is 2.30. The Morgan fingerprint density at radius 1 is 1.00 bits per heavy atom. The van der Waals surface area contributed by atoms with E-state index in [1.54, 1.807) is 0 Å². The van der Waals surface area contributed by atoms with Crippen molar-refractivity contribution in [3.8, 4) is 0 Å². The van der Waals surface area contributed by atoms with E-state index in [2.05, 4.69) is 49.2 Å². The van der Waals surface area contributed by atoms with Gasteiger partial charge in [0.2, 0.25) is 0 Å². The molecule has 0 aliphatic rings. The van der Waals surface area contributed by atoms with Gasteiger partial charge in [0.25, 0.3) is 0 Å². The van der Waals surface area contributed by atoms with Crippen molar-refractivity contribution in [2.75, 3.05) is 0 Å². The van der Waals surface area contributed by atoms with E-state index in [0.717, 1.165) is 5.69 Å². The highest BCUT2D eigenvalue weighted by molar-refractivity contribution is 5.29. The van der Waals surface area contributed by atoms with E-state index in [-0.39, 0.29) is 0 Å². The Morgan fingerprint density at radius 3 is 2.33 bits per heavy atom. The summed E-state index contributed by atoms with van der Waals surface area (Å²) < 4.78 is 0. The van der Waals surface area contributed by atoms with Crippen LogP contribution in [-0.2, 0) is 0 Å². The summed E-state index contributed by atoms with van der Waals surface area (Å²) in [5.74, 6) is 0.367. The van der Waals surface area contributed by atoms with E-state index in [0.29, 0.717) is 5.92 Å². The second-order valence-electron chi connectivity index (χ2n) is 3.89. The van der Waals surface area contributed by atoms with Gasteiger partial charge in [0.15, 0.2) is 0 Å². The third-order valence-corrected chi connectivity index (χ3v) is 2.71. The maximum absolute atomic E-state index is 4.38. The van der Waals surface area contributed by atoms with Gasteiger partial charge < -0.3 is 0 Å².